The maximum absolute atomic E-state index is 13.2. The monoisotopic (exact) mass is 436 g/mol. The molecule has 0 amide bonds. The lowest BCUT2D eigenvalue weighted by molar-refractivity contribution is 0.103. The number of aryl methyl sites for hydroxylation is 1. The molecule has 0 saturated carbocycles. The van der Waals surface area contributed by atoms with Gasteiger partial charge in [0.2, 0.25) is 5.95 Å². The number of ketones is 1. The molecule has 1 aliphatic rings. The summed E-state index contributed by atoms with van der Waals surface area (Å²) >= 11 is 6.32. The molecule has 1 aliphatic heterocycles. The molecule has 4 heterocycles. The van der Waals surface area contributed by atoms with Crippen molar-refractivity contribution in [3.05, 3.63) is 69.4 Å². The molecule has 0 unspecified atom stereocenters. The van der Waals surface area contributed by atoms with Gasteiger partial charge in [-0.3, -0.25) is 14.8 Å². The van der Waals surface area contributed by atoms with Gasteiger partial charge < -0.3 is 15.4 Å². The molecule has 0 aliphatic carbocycles. The van der Waals surface area contributed by atoms with E-state index in [1.807, 2.05) is 30.9 Å². The van der Waals surface area contributed by atoms with Gasteiger partial charge in [0.1, 0.15) is 22.3 Å². The number of nitrogens with zero attached hydrogens (tertiary/aromatic N) is 5. The second-order valence-corrected chi connectivity index (χ2v) is 7.62. The Balaban J connectivity index is 1.81. The fraction of sp³-hybridized carbons (Fsp3) is 0.227. The number of ether oxygens (including phenoxy) is 1. The largest absolute Gasteiger partial charge is 0.496 e. The molecule has 2 N–H and O–H groups in total. The summed E-state index contributed by atoms with van der Waals surface area (Å²) in [7, 11) is 1.64. The smallest absolute Gasteiger partial charge is 0.223 e. The van der Waals surface area contributed by atoms with Crippen LogP contribution < -0.4 is 15.4 Å². The van der Waals surface area contributed by atoms with E-state index in [1.54, 1.807) is 31.8 Å². The van der Waals surface area contributed by atoms with Gasteiger partial charge in [0.15, 0.2) is 5.78 Å². The molecule has 9 heteroatoms. The highest BCUT2D eigenvalue weighted by molar-refractivity contribution is 6.35. The van der Waals surface area contributed by atoms with E-state index in [0.717, 1.165) is 28.1 Å². The van der Waals surface area contributed by atoms with Gasteiger partial charge in [-0.05, 0) is 31.6 Å². The SMILES string of the molecule is COc1c(C)cnc(CN2CC(=Cc3cccnc3)C(=O)c3c(Cl)nc(N)nc32)c1C. The number of pyridine rings is 2. The minimum atomic E-state index is -0.230. The fourth-order valence-electron chi connectivity index (χ4n) is 3.69. The number of rotatable bonds is 4. The van der Waals surface area contributed by atoms with Gasteiger partial charge in [0, 0.05) is 41.8 Å². The Kier molecular flexibility index (Phi) is 5.56. The first-order valence-corrected chi connectivity index (χ1v) is 9.99. The molecule has 0 aromatic carbocycles. The average Bonchev–Trinajstić information content (AvgIpc) is 2.74. The standard InChI is InChI=1S/C22H21ClN6O2/c1-12-8-26-16(13(2)19(12)31-3)11-29-10-15(7-14-5-4-6-25-9-14)18(30)17-20(23)27-22(24)28-21(17)29/h4-9H,10-11H2,1-3H3,(H2,24,27,28). The highest BCUT2D eigenvalue weighted by Crippen LogP contribution is 2.35. The summed E-state index contributed by atoms with van der Waals surface area (Å²) in [4.78, 5) is 32.1. The van der Waals surface area contributed by atoms with Crippen molar-refractivity contribution in [2.24, 2.45) is 0 Å². The molecule has 31 heavy (non-hydrogen) atoms. The molecule has 8 nitrogen and oxygen atoms in total. The van der Waals surface area contributed by atoms with Crippen LogP contribution in [0.3, 0.4) is 0 Å². The van der Waals surface area contributed by atoms with Crippen LogP contribution >= 0.6 is 11.6 Å². The molecule has 0 radical (unpaired) electrons. The summed E-state index contributed by atoms with van der Waals surface area (Å²) in [5.74, 6) is 0.954. The molecule has 3 aromatic heterocycles. The zero-order valence-electron chi connectivity index (χ0n) is 17.4. The number of fused-ring (bicyclic) bond motifs is 1. The summed E-state index contributed by atoms with van der Waals surface area (Å²) in [6.07, 6.45) is 6.94. The summed E-state index contributed by atoms with van der Waals surface area (Å²) in [6.45, 7) is 4.60. The van der Waals surface area contributed by atoms with Gasteiger partial charge in [-0.15, -0.1) is 0 Å². The number of halogens is 1. The van der Waals surface area contributed by atoms with E-state index in [1.165, 1.54) is 0 Å². The van der Waals surface area contributed by atoms with Crippen molar-refractivity contribution < 1.29 is 9.53 Å². The van der Waals surface area contributed by atoms with Crippen molar-refractivity contribution in [1.29, 1.82) is 0 Å². The summed E-state index contributed by atoms with van der Waals surface area (Å²) in [6, 6.07) is 3.69. The number of anilines is 2. The van der Waals surface area contributed by atoms with Crippen LogP contribution in [0, 0.1) is 13.8 Å². The molecular formula is C22H21ClN6O2. The van der Waals surface area contributed by atoms with E-state index in [4.69, 9.17) is 22.1 Å². The number of hydrogen-bond donors (Lipinski definition) is 1. The van der Waals surface area contributed by atoms with E-state index in [9.17, 15) is 4.79 Å². The lowest BCUT2D eigenvalue weighted by Gasteiger charge is -2.31. The molecule has 0 bridgehead atoms. The van der Waals surface area contributed by atoms with Crippen molar-refractivity contribution in [3.8, 4) is 5.75 Å². The van der Waals surface area contributed by atoms with Crippen LogP contribution in [-0.4, -0.2) is 39.4 Å². The van der Waals surface area contributed by atoms with Gasteiger partial charge in [-0.25, -0.2) is 4.98 Å². The molecule has 0 saturated heterocycles. The third-order valence-electron chi connectivity index (χ3n) is 5.16. The van der Waals surface area contributed by atoms with E-state index in [0.29, 0.717) is 24.5 Å². The Bertz CT molecular complexity index is 1200. The van der Waals surface area contributed by atoms with Crippen molar-refractivity contribution in [2.45, 2.75) is 20.4 Å². The Morgan fingerprint density at radius 2 is 2.10 bits per heavy atom. The maximum Gasteiger partial charge on any atom is 0.223 e. The normalized spacial score (nSPS) is 14.6. The Hall–Kier alpha value is -3.52. The topological polar surface area (TPSA) is 107 Å². The van der Waals surface area contributed by atoms with E-state index < -0.39 is 0 Å². The number of nitrogens with two attached hydrogens (primary N) is 1. The number of methoxy groups -OCH3 is 1. The Morgan fingerprint density at radius 1 is 1.29 bits per heavy atom. The van der Waals surface area contributed by atoms with Gasteiger partial charge in [0.25, 0.3) is 0 Å². The summed E-state index contributed by atoms with van der Waals surface area (Å²) in [5.41, 5.74) is 10.1. The van der Waals surface area contributed by atoms with Crippen LogP contribution in [0.15, 0.2) is 36.3 Å². The highest BCUT2D eigenvalue weighted by atomic mass is 35.5. The molecule has 0 spiro atoms. The molecule has 4 rings (SSSR count). The lowest BCUT2D eigenvalue weighted by atomic mass is 9.97. The van der Waals surface area contributed by atoms with Gasteiger partial charge >= 0.3 is 0 Å². The number of carbonyl (C=O) groups excluding carboxylic acids is 1. The lowest BCUT2D eigenvalue weighted by Crippen LogP contribution is -2.35. The minimum absolute atomic E-state index is 0.00686. The molecular weight excluding hydrogens is 416 g/mol. The van der Waals surface area contributed by atoms with Gasteiger partial charge in [-0.1, -0.05) is 17.7 Å². The van der Waals surface area contributed by atoms with E-state index in [-0.39, 0.29) is 22.4 Å². The van der Waals surface area contributed by atoms with Crippen molar-refractivity contribution in [3.63, 3.8) is 0 Å². The van der Waals surface area contributed by atoms with Gasteiger partial charge in [0.05, 0.1) is 19.3 Å². The summed E-state index contributed by atoms with van der Waals surface area (Å²) in [5, 5.41) is 0.0282. The van der Waals surface area contributed by atoms with Crippen LogP contribution in [0.4, 0.5) is 11.8 Å². The Morgan fingerprint density at radius 3 is 2.81 bits per heavy atom. The number of hydrogen-bond acceptors (Lipinski definition) is 8. The van der Waals surface area contributed by atoms with Gasteiger partial charge in [-0.2, -0.15) is 4.98 Å². The number of carbonyl (C=O) groups is 1. The van der Waals surface area contributed by atoms with Crippen molar-refractivity contribution in [1.82, 2.24) is 19.9 Å². The number of aromatic nitrogens is 4. The minimum Gasteiger partial charge on any atom is -0.496 e. The maximum atomic E-state index is 13.2. The molecule has 3 aromatic rings. The quantitative estimate of drug-likeness (QED) is 0.489. The zero-order valence-corrected chi connectivity index (χ0v) is 18.1. The van der Waals surface area contributed by atoms with Crippen LogP contribution in [0.1, 0.15) is 32.7 Å². The zero-order chi connectivity index (χ0) is 22.1. The predicted octanol–water partition coefficient (Wildman–Crippen LogP) is 3.41. The van der Waals surface area contributed by atoms with E-state index >= 15 is 0 Å². The second-order valence-electron chi connectivity index (χ2n) is 7.26. The third kappa shape index (κ3) is 3.94. The van der Waals surface area contributed by atoms with Crippen LogP contribution in [0.2, 0.25) is 5.15 Å². The molecule has 158 valence electrons. The fourth-order valence-corrected chi connectivity index (χ4v) is 3.95. The molecule has 0 fully saturated rings. The van der Waals surface area contributed by atoms with Crippen LogP contribution in [0.25, 0.3) is 6.08 Å². The molecule has 0 atom stereocenters. The third-order valence-corrected chi connectivity index (χ3v) is 5.43. The van der Waals surface area contributed by atoms with Crippen LogP contribution in [-0.2, 0) is 6.54 Å². The first kappa shape index (κ1) is 20.7. The van der Waals surface area contributed by atoms with Crippen molar-refractivity contribution >= 4 is 35.2 Å². The number of Topliss-reactive ketones (excluding diaryl/α,β-unsaturated/α-hetero) is 1. The summed E-state index contributed by atoms with van der Waals surface area (Å²) < 4.78 is 5.53. The number of nitrogen functional groups attached to an aromatic ring is 1. The highest BCUT2D eigenvalue weighted by Gasteiger charge is 2.32. The first-order chi connectivity index (χ1) is 14.9. The Labute approximate surface area is 184 Å². The second kappa shape index (κ2) is 8.31. The first-order valence-electron chi connectivity index (χ1n) is 9.61. The average molecular weight is 437 g/mol. The predicted molar refractivity (Wildman–Crippen MR) is 119 cm³/mol. The van der Waals surface area contributed by atoms with Crippen LogP contribution in [0.5, 0.6) is 5.75 Å². The van der Waals surface area contributed by atoms with E-state index in [2.05, 4.69) is 19.9 Å². The van der Waals surface area contributed by atoms with Crippen molar-refractivity contribution in [2.75, 3.05) is 24.3 Å².